The average molecular weight is 330 g/mol. The minimum Gasteiger partial charge on any atom is -0.445 e. The van der Waals surface area contributed by atoms with E-state index in [2.05, 4.69) is 10.6 Å². The van der Waals surface area contributed by atoms with Gasteiger partial charge in [-0.3, -0.25) is 9.59 Å². The minimum absolute atomic E-state index is 0.140. The second kappa shape index (κ2) is 10.8. The van der Waals surface area contributed by atoms with Crippen molar-refractivity contribution in [1.82, 2.24) is 10.6 Å². The molecule has 2 amide bonds. The number of ether oxygens (including phenoxy) is 1. The smallest absolute Gasteiger partial charge is 0.408 e. The van der Waals surface area contributed by atoms with Gasteiger partial charge in [-0.05, 0) is 37.7 Å². The van der Waals surface area contributed by atoms with E-state index in [0.717, 1.165) is 5.56 Å². The van der Waals surface area contributed by atoms with E-state index < -0.39 is 18.0 Å². The average Bonchev–Trinajstić information content (AvgIpc) is 2.59. The first-order valence-electron chi connectivity index (χ1n) is 7.75. The molecule has 2 N–H and O–H groups in total. The Labute approximate surface area is 142 Å². The molecule has 0 bridgehead atoms. The molecule has 0 aliphatic heterocycles. The van der Waals surface area contributed by atoms with Crippen molar-refractivity contribution in [3.05, 3.63) is 35.9 Å². The van der Waals surface area contributed by atoms with Gasteiger partial charge in [0.05, 0.1) is 6.04 Å². The Morgan fingerprint density at radius 3 is 2.54 bits per heavy atom. The Balaban J connectivity index is 2.29. The van der Waals surface area contributed by atoms with Gasteiger partial charge in [-0.15, -0.1) is 6.42 Å². The van der Waals surface area contributed by atoms with E-state index >= 15 is 0 Å². The highest BCUT2D eigenvalue weighted by molar-refractivity contribution is 5.92. The predicted octanol–water partition coefficient (Wildman–Crippen LogP) is 1.79. The van der Waals surface area contributed by atoms with Crippen molar-refractivity contribution in [2.45, 2.75) is 38.8 Å². The number of amides is 2. The topological polar surface area (TPSA) is 84.5 Å². The van der Waals surface area contributed by atoms with Gasteiger partial charge in [0.15, 0.2) is 5.78 Å². The summed E-state index contributed by atoms with van der Waals surface area (Å²) >= 11 is 0. The summed E-state index contributed by atoms with van der Waals surface area (Å²) in [6.45, 7) is 2.00. The summed E-state index contributed by atoms with van der Waals surface area (Å²) in [6, 6.07) is 8.68. The number of benzene rings is 1. The van der Waals surface area contributed by atoms with E-state index in [1.165, 1.54) is 6.92 Å². The first-order valence-corrected chi connectivity index (χ1v) is 7.75. The monoisotopic (exact) mass is 330 g/mol. The van der Waals surface area contributed by atoms with Crippen LogP contribution in [0.1, 0.15) is 31.7 Å². The van der Waals surface area contributed by atoms with E-state index in [9.17, 15) is 14.4 Å². The van der Waals surface area contributed by atoms with Gasteiger partial charge in [0, 0.05) is 6.54 Å². The molecule has 6 nitrogen and oxygen atoms in total. The predicted molar refractivity (Wildman–Crippen MR) is 89.9 cm³/mol. The molecule has 0 saturated heterocycles. The maximum atomic E-state index is 11.8. The SMILES string of the molecule is C#CC(=O)NCCCC[C@H](NC(=O)OCc1ccccc1)C(C)=O. The summed E-state index contributed by atoms with van der Waals surface area (Å²) < 4.78 is 5.10. The van der Waals surface area contributed by atoms with Crippen LogP contribution in [-0.4, -0.2) is 30.4 Å². The highest BCUT2D eigenvalue weighted by Crippen LogP contribution is 2.04. The van der Waals surface area contributed by atoms with Crippen LogP contribution in [0.4, 0.5) is 4.79 Å². The van der Waals surface area contributed by atoms with Gasteiger partial charge in [-0.2, -0.15) is 0 Å². The number of nitrogens with one attached hydrogen (secondary N) is 2. The van der Waals surface area contributed by atoms with Crippen LogP contribution in [0.25, 0.3) is 0 Å². The van der Waals surface area contributed by atoms with Gasteiger partial charge in [0.25, 0.3) is 5.91 Å². The molecular formula is C18H22N2O4. The zero-order valence-electron chi connectivity index (χ0n) is 13.7. The zero-order chi connectivity index (χ0) is 17.8. The van der Waals surface area contributed by atoms with Crippen LogP contribution >= 0.6 is 0 Å². The van der Waals surface area contributed by atoms with E-state index in [4.69, 9.17) is 11.2 Å². The van der Waals surface area contributed by atoms with Crippen LogP contribution in [0, 0.1) is 12.3 Å². The number of terminal acetylenes is 1. The van der Waals surface area contributed by atoms with Crippen LogP contribution in [-0.2, 0) is 20.9 Å². The molecule has 0 fully saturated rings. The third-order valence-electron chi connectivity index (χ3n) is 3.33. The van der Waals surface area contributed by atoms with E-state index in [0.29, 0.717) is 25.8 Å². The molecule has 0 radical (unpaired) electrons. The Kier molecular flexibility index (Phi) is 8.69. The number of ketones is 1. The van der Waals surface area contributed by atoms with Crippen molar-refractivity contribution in [3.63, 3.8) is 0 Å². The Hall–Kier alpha value is -2.81. The minimum atomic E-state index is -0.625. The lowest BCUT2D eigenvalue weighted by Crippen LogP contribution is -2.40. The second-order valence-corrected chi connectivity index (χ2v) is 5.27. The number of hydrogen-bond donors (Lipinski definition) is 2. The molecule has 1 atom stereocenters. The number of alkyl carbamates (subject to hydrolysis) is 1. The lowest BCUT2D eigenvalue weighted by Gasteiger charge is -2.16. The first-order chi connectivity index (χ1) is 11.5. The van der Waals surface area contributed by atoms with Crippen molar-refractivity contribution in [1.29, 1.82) is 0 Å². The fraction of sp³-hybridized carbons (Fsp3) is 0.389. The Morgan fingerprint density at radius 2 is 1.92 bits per heavy atom. The summed E-state index contributed by atoms with van der Waals surface area (Å²) in [6.07, 6.45) is 6.11. The molecular weight excluding hydrogens is 308 g/mol. The molecule has 0 saturated carbocycles. The molecule has 0 unspecified atom stereocenters. The standard InChI is InChI=1S/C18H22N2O4/c1-3-17(22)19-12-8-7-11-16(14(2)21)20-18(23)24-13-15-9-5-4-6-10-15/h1,4-6,9-10,16H,7-8,11-13H2,2H3,(H,19,22)(H,20,23)/t16-/m0/s1. The highest BCUT2D eigenvalue weighted by Gasteiger charge is 2.17. The molecule has 1 rings (SSSR count). The lowest BCUT2D eigenvalue weighted by molar-refractivity contribution is -0.119. The summed E-state index contributed by atoms with van der Waals surface area (Å²) in [7, 11) is 0. The molecule has 1 aromatic rings. The highest BCUT2D eigenvalue weighted by atomic mass is 16.5. The van der Waals surface area contributed by atoms with Crippen molar-refractivity contribution in [2.24, 2.45) is 0 Å². The van der Waals surface area contributed by atoms with Gasteiger partial charge >= 0.3 is 6.09 Å². The second-order valence-electron chi connectivity index (χ2n) is 5.27. The van der Waals surface area contributed by atoms with Gasteiger partial charge in [-0.25, -0.2) is 4.79 Å². The molecule has 0 aliphatic rings. The first kappa shape index (κ1) is 19.2. The van der Waals surface area contributed by atoms with Gasteiger partial charge < -0.3 is 15.4 Å². The molecule has 0 aliphatic carbocycles. The largest absolute Gasteiger partial charge is 0.445 e. The molecule has 1 aromatic carbocycles. The summed E-state index contributed by atoms with van der Waals surface area (Å²) in [5, 5.41) is 5.11. The molecule has 0 spiro atoms. The van der Waals surface area contributed by atoms with Crippen LogP contribution in [0.3, 0.4) is 0 Å². The maximum absolute atomic E-state index is 11.8. The Bertz CT molecular complexity index is 593. The summed E-state index contributed by atoms with van der Waals surface area (Å²) in [4.78, 5) is 34.3. The van der Waals surface area contributed by atoms with Gasteiger partial charge in [0.2, 0.25) is 0 Å². The third-order valence-corrected chi connectivity index (χ3v) is 3.33. The van der Waals surface area contributed by atoms with E-state index in [1.807, 2.05) is 36.3 Å². The number of rotatable bonds is 9. The normalized spacial score (nSPS) is 11.0. The lowest BCUT2D eigenvalue weighted by atomic mass is 10.1. The van der Waals surface area contributed by atoms with Gasteiger partial charge in [0.1, 0.15) is 6.61 Å². The van der Waals surface area contributed by atoms with Gasteiger partial charge in [-0.1, -0.05) is 30.3 Å². The zero-order valence-corrected chi connectivity index (χ0v) is 13.7. The molecule has 6 heteroatoms. The van der Waals surface area contributed by atoms with Crippen LogP contribution in [0.5, 0.6) is 0 Å². The number of carbonyl (C=O) groups excluding carboxylic acids is 3. The van der Waals surface area contributed by atoms with Crippen molar-refractivity contribution < 1.29 is 19.1 Å². The number of Topliss-reactive ketones (excluding diaryl/α,β-unsaturated/α-hetero) is 1. The van der Waals surface area contributed by atoms with Crippen molar-refractivity contribution in [2.75, 3.05) is 6.54 Å². The fourth-order valence-electron chi connectivity index (χ4n) is 2.01. The van der Waals surface area contributed by atoms with E-state index in [1.54, 1.807) is 0 Å². The van der Waals surface area contributed by atoms with Crippen LogP contribution in [0.2, 0.25) is 0 Å². The van der Waals surface area contributed by atoms with Crippen molar-refractivity contribution >= 4 is 17.8 Å². The molecule has 128 valence electrons. The summed E-state index contributed by atoms with van der Waals surface area (Å²) in [5.41, 5.74) is 0.872. The summed E-state index contributed by atoms with van der Waals surface area (Å²) in [5.74, 6) is 1.36. The molecule has 0 aromatic heterocycles. The Morgan fingerprint density at radius 1 is 1.21 bits per heavy atom. The van der Waals surface area contributed by atoms with Crippen LogP contribution in [0.15, 0.2) is 30.3 Å². The third kappa shape index (κ3) is 7.99. The van der Waals surface area contributed by atoms with E-state index in [-0.39, 0.29) is 12.4 Å². The number of carbonyl (C=O) groups is 3. The molecule has 24 heavy (non-hydrogen) atoms. The van der Waals surface area contributed by atoms with Crippen LogP contribution < -0.4 is 10.6 Å². The fourth-order valence-corrected chi connectivity index (χ4v) is 2.01. The quantitative estimate of drug-likeness (QED) is 0.534. The van der Waals surface area contributed by atoms with Crippen molar-refractivity contribution in [3.8, 4) is 12.3 Å². The number of unbranched alkanes of at least 4 members (excludes halogenated alkanes) is 1. The number of hydrogen-bond acceptors (Lipinski definition) is 4. The molecule has 0 heterocycles. The maximum Gasteiger partial charge on any atom is 0.408 e.